The average molecular weight is 201 g/mol. The molecule has 0 aromatic heterocycles. The first-order chi connectivity index (χ1) is 6.63. The van der Waals surface area contributed by atoms with E-state index in [-0.39, 0.29) is 0 Å². The molecule has 1 fully saturated rings. The number of rotatable bonds is 3. The molecular weight excluding hydrogens is 174 g/mol. The summed E-state index contributed by atoms with van der Waals surface area (Å²) in [7, 11) is 2.19. The lowest BCUT2D eigenvalue weighted by molar-refractivity contribution is 0.0150. The SMILES string of the molecule is CC.CCC1CC(OC(C)C)CN1C. The van der Waals surface area contributed by atoms with Gasteiger partial charge in [-0.3, -0.25) is 0 Å². The molecule has 0 aromatic rings. The van der Waals surface area contributed by atoms with Crippen LogP contribution in [0.2, 0.25) is 0 Å². The van der Waals surface area contributed by atoms with Crippen LogP contribution in [-0.2, 0) is 4.74 Å². The van der Waals surface area contributed by atoms with Crippen LogP contribution >= 0.6 is 0 Å². The van der Waals surface area contributed by atoms with Crippen molar-refractivity contribution in [2.45, 2.75) is 65.7 Å². The predicted octanol–water partition coefficient (Wildman–Crippen LogP) is 2.92. The Bertz CT molecular complexity index is 136. The van der Waals surface area contributed by atoms with Crippen molar-refractivity contribution in [2.24, 2.45) is 0 Å². The first-order valence-electron chi connectivity index (χ1n) is 5.99. The molecule has 0 bridgehead atoms. The molecule has 1 heterocycles. The van der Waals surface area contributed by atoms with E-state index in [9.17, 15) is 0 Å². The Hall–Kier alpha value is -0.0800. The third-order valence-electron chi connectivity index (χ3n) is 2.59. The zero-order valence-electron chi connectivity index (χ0n) is 10.7. The molecule has 0 aromatic carbocycles. The summed E-state index contributed by atoms with van der Waals surface area (Å²) in [6, 6.07) is 0.744. The molecule has 86 valence electrons. The zero-order valence-corrected chi connectivity index (χ0v) is 10.7. The van der Waals surface area contributed by atoms with E-state index in [4.69, 9.17) is 4.74 Å². The second-order valence-corrected chi connectivity index (χ2v) is 4.04. The molecule has 0 spiro atoms. The molecule has 0 radical (unpaired) electrons. The van der Waals surface area contributed by atoms with Crippen LogP contribution in [0.4, 0.5) is 0 Å². The van der Waals surface area contributed by atoms with Gasteiger partial charge in [0.25, 0.3) is 0 Å². The van der Waals surface area contributed by atoms with Gasteiger partial charge in [-0.1, -0.05) is 20.8 Å². The maximum absolute atomic E-state index is 5.77. The van der Waals surface area contributed by atoms with E-state index >= 15 is 0 Å². The molecule has 2 atom stereocenters. The van der Waals surface area contributed by atoms with Gasteiger partial charge in [-0.05, 0) is 33.7 Å². The summed E-state index contributed by atoms with van der Waals surface area (Å²) in [5, 5.41) is 0. The van der Waals surface area contributed by atoms with E-state index in [1.807, 2.05) is 13.8 Å². The van der Waals surface area contributed by atoms with E-state index < -0.39 is 0 Å². The summed E-state index contributed by atoms with van der Waals surface area (Å²) in [5.41, 5.74) is 0. The second-order valence-electron chi connectivity index (χ2n) is 4.04. The Morgan fingerprint density at radius 1 is 1.36 bits per heavy atom. The van der Waals surface area contributed by atoms with Crippen molar-refractivity contribution >= 4 is 0 Å². The van der Waals surface area contributed by atoms with Crippen molar-refractivity contribution in [2.75, 3.05) is 13.6 Å². The van der Waals surface area contributed by atoms with Crippen LogP contribution in [0.5, 0.6) is 0 Å². The highest BCUT2D eigenvalue weighted by molar-refractivity contribution is 4.83. The Kier molecular flexibility index (Phi) is 7.20. The molecule has 1 rings (SSSR count). The highest BCUT2D eigenvalue weighted by Gasteiger charge is 2.28. The molecule has 0 N–H and O–H groups in total. The molecule has 1 aliphatic heterocycles. The molecular formula is C12H27NO. The van der Waals surface area contributed by atoms with Crippen molar-refractivity contribution in [3.8, 4) is 0 Å². The average Bonchev–Trinajstić information content (AvgIpc) is 2.48. The van der Waals surface area contributed by atoms with Crippen LogP contribution in [0.25, 0.3) is 0 Å². The fourth-order valence-corrected chi connectivity index (χ4v) is 1.99. The first kappa shape index (κ1) is 13.9. The molecule has 2 heteroatoms. The van der Waals surface area contributed by atoms with Gasteiger partial charge in [-0.15, -0.1) is 0 Å². The first-order valence-corrected chi connectivity index (χ1v) is 5.99. The summed E-state index contributed by atoms with van der Waals surface area (Å²) < 4.78 is 5.77. The van der Waals surface area contributed by atoms with E-state index in [0.29, 0.717) is 12.2 Å². The van der Waals surface area contributed by atoms with E-state index in [2.05, 4.69) is 32.7 Å². The normalized spacial score (nSPS) is 27.6. The summed E-state index contributed by atoms with van der Waals surface area (Å²) in [4.78, 5) is 2.41. The van der Waals surface area contributed by atoms with Gasteiger partial charge < -0.3 is 9.64 Å². The molecule has 2 unspecified atom stereocenters. The zero-order chi connectivity index (χ0) is 11.1. The monoisotopic (exact) mass is 201 g/mol. The quantitative estimate of drug-likeness (QED) is 0.696. The highest BCUT2D eigenvalue weighted by atomic mass is 16.5. The maximum Gasteiger partial charge on any atom is 0.0720 e. The minimum absolute atomic E-state index is 0.374. The standard InChI is InChI=1S/C10H21NO.C2H6/c1-5-9-6-10(7-11(9)4)12-8(2)3;1-2/h8-10H,5-7H2,1-4H3;1-2H3. The molecule has 0 saturated carbocycles. The molecule has 14 heavy (non-hydrogen) atoms. The van der Waals surface area contributed by atoms with Gasteiger partial charge in [0.15, 0.2) is 0 Å². The lowest BCUT2D eigenvalue weighted by atomic mass is 10.1. The molecule has 1 aliphatic rings. The second kappa shape index (κ2) is 7.24. The Morgan fingerprint density at radius 3 is 2.29 bits per heavy atom. The fraction of sp³-hybridized carbons (Fsp3) is 1.00. The summed E-state index contributed by atoms with van der Waals surface area (Å²) >= 11 is 0. The van der Waals surface area contributed by atoms with Gasteiger partial charge in [0.2, 0.25) is 0 Å². The Morgan fingerprint density at radius 2 is 1.93 bits per heavy atom. The lowest BCUT2D eigenvalue weighted by Crippen LogP contribution is -2.25. The van der Waals surface area contributed by atoms with Crippen molar-refractivity contribution in [3.05, 3.63) is 0 Å². The lowest BCUT2D eigenvalue weighted by Gasteiger charge is -2.15. The van der Waals surface area contributed by atoms with Crippen molar-refractivity contribution < 1.29 is 4.74 Å². The van der Waals surface area contributed by atoms with Crippen molar-refractivity contribution in [3.63, 3.8) is 0 Å². The largest absolute Gasteiger partial charge is 0.374 e. The summed E-state index contributed by atoms with van der Waals surface area (Å²) in [5.74, 6) is 0. The van der Waals surface area contributed by atoms with Gasteiger partial charge in [0.1, 0.15) is 0 Å². The van der Waals surface area contributed by atoms with Crippen LogP contribution in [0.15, 0.2) is 0 Å². The smallest absolute Gasteiger partial charge is 0.0720 e. The minimum Gasteiger partial charge on any atom is -0.374 e. The van der Waals surface area contributed by atoms with E-state index in [1.54, 1.807) is 0 Å². The van der Waals surface area contributed by atoms with Crippen LogP contribution in [0.3, 0.4) is 0 Å². The van der Waals surface area contributed by atoms with Crippen LogP contribution in [-0.4, -0.2) is 36.7 Å². The van der Waals surface area contributed by atoms with Gasteiger partial charge in [-0.25, -0.2) is 0 Å². The number of hydrogen-bond donors (Lipinski definition) is 0. The van der Waals surface area contributed by atoms with Crippen LogP contribution in [0, 0.1) is 0 Å². The molecule has 1 saturated heterocycles. The predicted molar refractivity (Wildman–Crippen MR) is 62.7 cm³/mol. The van der Waals surface area contributed by atoms with Crippen LogP contribution < -0.4 is 0 Å². The highest BCUT2D eigenvalue weighted by Crippen LogP contribution is 2.21. The topological polar surface area (TPSA) is 12.5 Å². The summed E-state index contributed by atoms with van der Waals surface area (Å²) in [6.07, 6.45) is 3.30. The number of hydrogen-bond acceptors (Lipinski definition) is 2. The fourth-order valence-electron chi connectivity index (χ4n) is 1.99. The Balaban J connectivity index is 0.000000791. The number of nitrogens with zero attached hydrogens (tertiary/aromatic N) is 1. The van der Waals surface area contributed by atoms with E-state index in [0.717, 1.165) is 12.6 Å². The third-order valence-corrected chi connectivity index (χ3v) is 2.59. The molecule has 2 nitrogen and oxygen atoms in total. The minimum atomic E-state index is 0.374. The van der Waals surface area contributed by atoms with Gasteiger partial charge in [0.05, 0.1) is 12.2 Å². The number of likely N-dealkylation sites (tertiary alicyclic amines) is 1. The maximum atomic E-state index is 5.77. The van der Waals surface area contributed by atoms with Gasteiger partial charge in [0, 0.05) is 12.6 Å². The molecule has 0 amide bonds. The van der Waals surface area contributed by atoms with Gasteiger partial charge in [-0.2, -0.15) is 0 Å². The van der Waals surface area contributed by atoms with Crippen molar-refractivity contribution in [1.29, 1.82) is 0 Å². The molecule has 0 aliphatic carbocycles. The van der Waals surface area contributed by atoms with Crippen molar-refractivity contribution in [1.82, 2.24) is 4.90 Å². The Labute approximate surface area is 89.6 Å². The van der Waals surface area contributed by atoms with Crippen LogP contribution in [0.1, 0.15) is 47.5 Å². The summed E-state index contributed by atoms with van der Waals surface area (Å²) in [6.45, 7) is 11.6. The number of likely N-dealkylation sites (N-methyl/N-ethyl adjacent to an activating group) is 1. The van der Waals surface area contributed by atoms with E-state index in [1.165, 1.54) is 12.8 Å². The van der Waals surface area contributed by atoms with Gasteiger partial charge >= 0.3 is 0 Å². The third kappa shape index (κ3) is 4.43. The number of ether oxygens (including phenoxy) is 1.